The van der Waals surface area contributed by atoms with Crippen LogP contribution < -0.4 is 5.73 Å². The summed E-state index contributed by atoms with van der Waals surface area (Å²) >= 11 is 0. The van der Waals surface area contributed by atoms with Crippen molar-refractivity contribution in [1.82, 2.24) is 9.78 Å². The average molecular weight is 165 g/mol. The summed E-state index contributed by atoms with van der Waals surface area (Å²) in [5, 5.41) is 4.39. The zero-order valence-electron chi connectivity index (χ0n) is 7.45. The number of nitrogens with zero attached hydrogens (tertiary/aromatic N) is 2. The SMILES string of the molecule is CCn1ccc(CC2(N)CC2)n1. The molecule has 0 atom stereocenters. The Labute approximate surface area is 72.6 Å². The summed E-state index contributed by atoms with van der Waals surface area (Å²) in [6.45, 7) is 3.03. The second-order valence-corrected chi connectivity index (χ2v) is 3.70. The standard InChI is InChI=1S/C9H15N3/c1-2-12-6-3-8(11-12)7-9(10)4-5-9/h3,6H,2,4-5,7,10H2,1H3. The molecule has 0 aromatic carbocycles. The maximum absolute atomic E-state index is 5.98. The average Bonchev–Trinajstić information content (AvgIpc) is 2.63. The first-order valence-electron chi connectivity index (χ1n) is 4.53. The number of rotatable bonds is 3. The Morgan fingerprint density at radius 1 is 1.67 bits per heavy atom. The van der Waals surface area contributed by atoms with Gasteiger partial charge in [-0.2, -0.15) is 5.10 Å². The van der Waals surface area contributed by atoms with Crippen LogP contribution in [0.1, 0.15) is 25.5 Å². The molecular formula is C9H15N3. The summed E-state index contributed by atoms with van der Waals surface area (Å²) in [6.07, 6.45) is 5.28. The summed E-state index contributed by atoms with van der Waals surface area (Å²) in [7, 11) is 0. The summed E-state index contributed by atoms with van der Waals surface area (Å²) in [4.78, 5) is 0. The lowest BCUT2D eigenvalue weighted by atomic mass is 10.1. The molecule has 0 aliphatic heterocycles. The number of aryl methyl sites for hydroxylation is 1. The van der Waals surface area contributed by atoms with Gasteiger partial charge in [-0.1, -0.05) is 0 Å². The highest BCUT2D eigenvalue weighted by Crippen LogP contribution is 2.34. The Morgan fingerprint density at radius 3 is 2.92 bits per heavy atom. The van der Waals surface area contributed by atoms with Crippen LogP contribution in [0.3, 0.4) is 0 Å². The summed E-state index contributed by atoms with van der Waals surface area (Å²) in [6, 6.07) is 2.07. The largest absolute Gasteiger partial charge is 0.325 e. The lowest BCUT2D eigenvalue weighted by Crippen LogP contribution is -2.24. The monoisotopic (exact) mass is 165 g/mol. The minimum absolute atomic E-state index is 0.0902. The molecule has 0 bridgehead atoms. The van der Waals surface area contributed by atoms with Gasteiger partial charge in [-0.05, 0) is 25.8 Å². The van der Waals surface area contributed by atoms with E-state index in [9.17, 15) is 0 Å². The van der Waals surface area contributed by atoms with Crippen LogP contribution in [0.25, 0.3) is 0 Å². The molecule has 0 saturated heterocycles. The van der Waals surface area contributed by atoms with Crippen LogP contribution in [0.15, 0.2) is 12.3 Å². The van der Waals surface area contributed by atoms with Gasteiger partial charge >= 0.3 is 0 Å². The summed E-state index contributed by atoms with van der Waals surface area (Å²) in [5.74, 6) is 0. The van der Waals surface area contributed by atoms with E-state index in [-0.39, 0.29) is 5.54 Å². The third-order valence-electron chi connectivity index (χ3n) is 2.45. The van der Waals surface area contributed by atoms with Crippen molar-refractivity contribution in [3.05, 3.63) is 18.0 Å². The van der Waals surface area contributed by atoms with Gasteiger partial charge in [-0.3, -0.25) is 4.68 Å². The molecule has 0 radical (unpaired) electrons. The van der Waals surface area contributed by atoms with Gasteiger partial charge in [0.05, 0.1) is 5.69 Å². The second-order valence-electron chi connectivity index (χ2n) is 3.70. The fraction of sp³-hybridized carbons (Fsp3) is 0.667. The maximum Gasteiger partial charge on any atom is 0.0642 e. The van der Waals surface area contributed by atoms with Crippen LogP contribution in [0, 0.1) is 0 Å². The minimum atomic E-state index is 0.0902. The topological polar surface area (TPSA) is 43.8 Å². The van der Waals surface area contributed by atoms with E-state index < -0.39 is 0 Å². The highest BCUT2D eigenvalue weighted by Gasteiger charge is 2.38. The third kappa shape index (κ3) is 1.50. The van der Waals surface area contributed by atoms with Crippen LogP contribution >= 0.6 is 0 Å². The maximum atomic E-state index is 5.98. The zero-order chi connectivity index (χ0) is 8.60. The Bertz CT molecular complexity index is 273. The molecule has 1 aromatic heterocycles. The molecular weight excluding hydrogens is 150 g/mol. The molecule has 3 heteroatoms. The highest BCUT2D eigenvalue weighted by molar-refractivity contribution is 5.11. The second kappa shape index (κ2) is 2.59. The molecule has 1 aliphatic carbocycles. The number of hydrogen-bond donors (Lipinski definition) is 1. The van der Waals surface area contributed by atoms with Crippen LogP contribution in [0.5, 0.6) is 0 Å². The van der Waals surface area contributed by atoms with Gasteiger partial charge in [-0.25, -0.2) is 0 Å². The van der Waals surface area contributed by atoms with E-state index in [0.717, 1.165) is 31.5 Å². The molecule has 0 amide bonds. The van der Waals surface area contributed by atoms with Gasteiger partial charge in [0.1, 0.15) is 0 Å². The van der Waals surface area contributed by atoms with E-state index in [4.69, 9.17) is 5.73 Å². The predicted molar refractivity (Wildman–Crippen MR) is 47.8 cm³/mol. The smallest absolute Gasteiger partial charge is 0.0642 e. The van der Waals surface area contributed by atoms with Crippen LogP contribution in [0.2, 0.25) is 0 Å². The molecule has 2 rings (SSSR count). The molecule has 1 fully saturated rings. The van der Waals surface area contributed by atoms with E-state index in [1.165, 1.54) is 0 Å². The van der Waals surface area contributed by atoms with E-state index in [1.54, 1.807) is 0 Å². The third-order valence-corrected chi connectivity index (χ3v) is 2.45. The first-order chi connectivity index (χ1) is 5.72. The van der Waals surface area contributed by atoms with Gasteiger partial charge in [-0.15, -0.1) is 0 Å². The number of nitrogens with two attached hydrogens (primary N) is 1. The Kier molecular flexibility index (Phi) is 1.68. The van der Waals surface area contributed by atoms with Crippen molar-refractivity contribution in [3.63, 3.8) is 0 Å². The summed E-state index contributed by atoms with van der Waals surface area (Å²) < 4.78 is 1.95. The van der Waals surface area contributed by atoms with Crippen molar-refractivity contribution in [1.29, 1.82) is 0 Å². The van der Waals surface area contributed by atoms with E-state index >= 15 is 0 Å². The number of hydrogen-bond acceptors (Lipinski definition) is 2. The lowest BCUT2D eigenvalue weighted by Gasteiger charge is -2.03. The molecule has 3 nitrogen and oxygen atoms in total. The fourth-order valence-corrected chi connectivity index (χ4v) is 1.37. The molecule has 66 valence electrons. The van der Waals surface area contributed by atoms with Gasteiger partial charge in [0.15, 0.2) is 0 Å². The Balaban J connectivity index is 2.03. The lowest BCUT2D eigenvalue weighted by molar-refractivity contribution is 0.612. The van der Waals surface area contributed by atoms with Crippen molar-refractivity contribution in [2.45, 2.75) is 38.3 Å². The van der Waals surface area contributed by atoms with Crippen molar-refractivity contribution < 1.29 is 0 Å². The predicted octanol–water partition coefficient (Wildman–Crippen LogP) is 0.937. The van der Waals surface area contributed by atoms with Crippen molar-refractivity contribution in [2.75, 3.05) is 0 Å². The van der Waals surface area contributed by atoms with Gasteiger partial charge < -0.3 is 5.73 Å². The van der Waals surface area contributed by atoms with Gasteiger partial charge in [0.25, 0.3) is 0 Å². The molecule has 0 spiro atoms. The summed E-state index contributed by atoms with van der Waals surface area (Å²) in [5.41, 5.74) is 7.21. The Morgan fingerprint density at radius 2 is 2.42 bits per heavy atom. The van der Waals surface area contributed by atoms with Gasteiger partial charge in [0, 0.05) is 24.7 Å². The normalized spacial score (nSPS) is 19.5. The van der Waals surface area contributed by atoms with E-state index in [1.807, 2.05) is 10.9 Å². The zero-order valence-corrected chi connectivity index (χ0v) is 7.45. The molecule has 1 aromatic rings. The fourth-order valence-electron chi connectivity index (χ4n) is 1.37. The molecule has 1 heterocycles. The Hall–Kier alpha value is -0.830. The molecule has 12 heavy (non-hydrogen) atoms. The first kappa shape index (κ1) is 7.80. The van der Waals surface area contributed by atoms with Crippen LogP contribution in [0.4, 0.5) is 0 Å². The quantitative estimate of drug-likeness (QED) is 0.724. The molecule has 2 N–H and O–H groups in total. The van der Waals surface area contributed by atoms with Crippen molar-refractivity contribution in [3.8, 4) is 0 Å². The van der Waals surface area contributed by atoms with Crippen molar-refractivity contribution in [2.24, 2.45) is 5.73 Å². The van der Waals surface area contributed by atoms with Gasteiger partial charge in [0.2, 0.25) is 0 Å². The van der Waals surface area contributed by atoms with Crippen LogP contribution in [-0.4, -0.2) is 15.3 Å². The molecule has 0 unspecified atom stereocenters. The van der Waals surface area contributed by atoms with E-state index in [0.29, 0.717) is 0 Å². The highest BCUT2D eigenvalue weighted by atomic mass is 15.3. The minimum Gasteiger partial charge on any atom is -0.325 e. The van der Waals surface area contributed by atoms with Crippen molar-refractivity contribution >= 4 is 0 Å². The molecule has 1 saturated carbocycles. The first-order valence-corrected chi connectivity index (χ1v) is 4.53. The number of aromatic nitrogens is 2. The molecule has 1 aliphatic rings. The van der Waals surface area contributed by atoms with E-state index in [2.05, 4.69) is 18.1 Å². The van der Waals surface area contributed by atoms with Crippen LogP contribution in [-0.2, 0) is 13.0 Å².